The third-order valence-electron chi connectivity index (χ3n) is 3.10. The van der Waals surface area contributed by atoms with E-state index in [1.165, 1.54) is 22.2 Å². The number of benzene rings is 1. The van der Waals surface area contributed by atoms with Crippen molar-refractivity contribution in [1.29, 1.82) is 0 Å². The fourth-order valence-corrected chi connectivity index (χ4v) is 2.43. The Morgan fingerprint density at radius 3 is 2.76 bits per heavy atom. The van der Waals surface area contributed by atoms with Crippen LogP contribution in [-0.2, 0) is 6.42 Å². The van der Waals surface area contributed by atoms with Crippen LogP contribution in [0.5, 0.6) is 0 Å². The first kappa shape index (κ1) is 12.5. The molecule has 0 aliphatic rings. The minimum absolute atomic E-state index is 0.507. The zero-order valence-electron chi connectivity index (χ0n) is 10.6. The maximum atomic E-state index is 6.08. The van der Waals surface area contributed by atoms with E-state index in [0.717, 1.165) is 18.0 Å². The Labute approximate surface area is 107 Å². The molecular formula is C14H19ClN2. The smallest absolute Gasteiger partial charge is 0.0460 e. The third kappa shape index (κ3) is 2.48. The first-order valence-electron chi connectivity index (χ1n) is 6.08. The van der Waals surface area contributed by atoms with Crippen LogP contribution in [0.4, 0.5) is 0 Å². The molecule has 2 N–H and O–H groups in total. The fourth-order valence-electron chi connectivity index (χ4n) is 2.25. The Bertz CT molecular complexity index is 514. The summed E-state index contributed by atoms with van der Waals surface area (Å²) in [7, 11) is 1.98. The Morgan fingerprint density at radius 1 is 1.35 bits per heavy atom. The SMILES string of the molecule is CNCCc1c(C(C)C)[nH]c2ccc(Cl)cc12. The van der Waals surface area contributed by atoms with Crippen LogP contribution in [0.15, 0.2) is 18.2 Å². The molecule has 0 amide bonds. The number of aromatic nitrogens is 1. The summed E-state index contributed by atoms with van der Waals surface area (Å²) in [6, 6.07) is 6.06. The van der Waals surface area contributed by atoms with Crippen molar-refractivity contribution in [3.8, 4) is 0 Å². The summed E-state index contributed by atoms with van der Waals surface area (Å²) in [5, 5.41) is 5.27. The number of halogens is 1. The van der Waals surface area contributed by atoms with Gasteiger partial charge in [-0.2, -0.15) is 0 Å². The lowest BCUT2D eigenvalue weighted by molar-refractivity contribution is 0.764. The van der Waals surface area contributed by atoms with Gasteiger partial charge >= 0.3 is 0 Å². The van der Waals surface area contributed by atoms with Gasteiger partial charge in [-0.3, -0.25) is 0 Å². The zero-order chi connectivity index (χ0) is 12.4. The van der Waals surface area contributed by atoms with Crippen molar-refractivity contribution in [2.75, 3.05) is 13.6 Å². The average Bonchev–Trinajstić information content (AvgIpc) is 2.64. The molecule has 0 aliphatic carbocycles. The first-order chi connectivity index (χ1) is 8.13. The summed E-state index contributed by atoms with van der Waals surface area (Å²) in [4.78, 5) is 3.51. The Morgan fingerprint density at radius 2 is 2.12 bits per heavy atom. The van der Waals surface area contributed by atoms with Crippen molar-refractivity contribution in [3.63, 3.8) is 0 Å². The van der Waals surface area contributed by atoms with Crippen molar-refractivity contribution in [3.05, 3.63) is 34.5 Å². The molecule has 1 aromatic heterocycles. The molecule has 0 radical (unpaired) electrons. The van der Waals surface area contributed by atoms with Crippen LogP contribution < -0.4 is 5.32 Å². The van der Waals surface area contributed by atoms with E-state index < -0.39 is 0 Å². The number of rotatable bonds is 4. The molecule has 2 aromatic rings. The van der Waals surface area contributed by atoms with Crippen molar-refractivity contribution >= 4 is 22.5 Å². The van der Waals surface area contributed by atoms with Gasteiger partial charge in [-0.25, -0.2) is 0 Å². The topological polar surface area (TPSA) is 27.8 Å². The van der Waals surface area contributed by atoms with Crippen LogP contribution in [0.3, 0.4) is 0 Å². The maximum absolute atomic E-state index is 6.08. The predicted octanol–water partition coefficient (Wildman–Crippen LogP) is 3.71. The predicted molar refractivity (Wildman–Crippen MR) is 75.0 cm³/mol. The molecule has 17 heavy (non-hydrogen) atoms. The van der Waals surface area contributed by atoms with E-state index in [9.17, 15) is 0 Å². The minimum atomic E-state index is 0.507. The fraction of sp³-hybridized carbons (Fsp3) is 0.429. The van der Waals surface area contributed by atoms with Gasteiger partial charge in [-0.15, -0.1) is 0 Å². The van der Waals surface area contributed by atoms with Crippen LogP contribution in [-0.4, -0.2) is 18.6 Å². The van der Waals surface area contributed by atoms with Crippen molar-refractivity contribution in [2.24, 2.45) is 0 Å². The van der Waals surface area contributed by atoms with Gasteiger partial charge in [0.1, 0.15) is 0 Å². The molecular weight excluding hydrogens is 232 g/mol. The second-order valence-corrected chi connectivity index (χ2v) is 5.15. The molecule has 3 heteroatoms. The number of hydrogen-bond acceptors (Lipinski definition) is 1. The molecule has 1 heterocycles. The van der Waals surface area contributed by atoms with Gasteiger partial charge in [0.2, 0.25) is 0 Å². The summed E-state index contributed by atoms with van der Waals surface area (Å²) in [5.41, 5.74) is 3.91. The molecule has 0 aliphatic heterocycles. The van der Waals surface area contributed by atoms with Gasteiger partial charge in [0.15, 0.2) is 0 Å². The Kier molecular flexibility index (Phi) is 3.75. The minimum Gasteiger partial charge on any atom is -0.358 e. The van der Waals surface area contributed by atoms with E-state index in [-0.39, 0.29) is 0 Å². The van der Waals surface area contributed by atoms with Gasteiger partial charge in [0.05, 0.1) is 0 Å². The molecule has 0 unspecified atom stereocenters. The van der Waals surface area contributed by atoms with Gasteiger partial charge < -0.3 is 10.3 Å². The number of aromatic amines is 1. The molecule has 1 aromatic carbocycles. The average molecular weight is 251 g/mol. The summed E-state index contributed by atoms with van der Waals surface area (Å²) in [5.74, 6) is 0.507. The van der Waals surface area contributed by atoms with Gasteiger partial charge in [0.25, 0.3) is 0 Å². The molecule has 2 rings (SSSR count). The highest BCUT2D eigenvalue weighted by Crippen LogP contribution is 2.29. The highest BCUT2D eigenvalue weighted by Gasteiger charge is 2.13. The molecule has 0 saturated carbocycles. The Balaban J connectivity index is 2.56. The van der Waals surface area contributed by atoms with Crippen molar-refractivity contribution < 1.29 is 0 Å². The van der Waals surface area contributed by atoms with Crippen LogP contribution in [0.25, 0.3) is 10.9 Å². The van der Waals surface area contributed by atoms with Gasteiger partial charge in [-0.05, 0) is 49.7 Å². The van der Waals surface area contributed by atoms with E-state index in [4.69, 9.17) is 11.6 Å². The molecule has 0 atom stereocenters. The maximum Gasteiger partial charge on any atom is 0.0460 e. The standard InChI is InChI=1S/C14H19ClN2/c1-9(2)14-11(6-7-16-3)12-8-10(15)4-5-13(12)17-14/h4-5,8-9,16-17H,6-7H2,1-3H3. The largest absolute Gasteiger partial charge is 0.358 e. The molecule has 0 saturated heterocycles. The number of H-pyrrole nitrogens is 1. The lowest BCUT2D eigenvalue weighted by Gasteiger charge is -2.07. The first-order valence-corrected chi connectivity index (χ1v) is 6.46. The molecule has 92 valence electrons. The zero-order valence-corrected chi connectivity index (χ0v) is 11.4. The third-order valence-corrected chi connectivity index (χ3v) is 3.34. The molecule has 0 bridgehead atoms. The monoisotopic (exact) mass is 250 g/mol. The van der Waals surface area contributed by atoms with Crippen LogP contribution >= 0.6 is 11.6 Å². The number of nitrogens with one attached hydrogen (secondary N) is 2. The molecule has 0 fully saturated rings. The Hall–Kier alpha value is -0.990. The second kappa shape index (κ2) is 5.11. The summed E-state index contributed by atoms with van der Waals surface area (Å²) in [6.07, 6.45) is 1.03. The van der Waals surface area contributed by atoms with E-state index in [0.29, 0.717) is 5.92 Å². The lowest BCUT2D eigenvalue weighted by atomic mass is 10.0. The van der Waals surface area contributed by atoms with Crippen molar-refractivity contribution in [1.82, 2.24) is 10.3 Å². The highest BCUT2D eigenvalue weighted by atomic mass is 35.5. The summed E-state index contributed by atoms with van der Waals surface area (Å²) in [6.45, 7) is 5.42. The number of likely N-dealkylation sites (N-methyl/N-ethyl adjacent to an activating group) is 1. The van der Waals surface area contributed by atoms with Crippen LogP contribution in [0, 0.1) is 0 Å². The summed E-state index contributed by atoms with van der Waals surface area (Å²) < 4.78 is 0. The van der Waals surface area contributed by atoms with E-state index in [1.807, 2.05) is 13.1 Å². The molecule has 0 spiro atoms. The lowest BCUT2D eigenvalue weighted by Crippen LogP contribution is -2.11. The van der Waals surface area contributed by atoms with Gasteiger partial charge in [0, 0.05) is 21.6 Å². The van der Waals surface area contributed by atoms with Crippen LogP contribution in [0.2, 0.25) is 5.02 Å². The molecule has 2 nitrogen and oxygen atoms in total. The quantitative estimate of drug-likeness (QED) is 0.851. The number of hydrogen-bond donors (Lipinski definition) is 2. The van der Waals surface area contributed by atoms with E-state index >= 15 is 0 Å². The second-order valence-electron chi connectivity index (χ2n) is 4.72. The van der Waals surface area contributed by atoms with Gasteiger partial charge in [-0.1, -0.05) is 25.4 Å². The summed E-state index contributed by atoms with van der Waals surface area (Å²) >= 11 is 6.08. The highest BCUT2D eigenvalue weighted by molar-refractivity contribution is 6.31. The normalized spacial score (nSPS) is 11.6. The van der Waals surface area contributed by atoms with Crippen LogP contribution in [0.1, 0.15) is 31.0 Å². The van der Waals surface area contributed by atoms with Crippen molar-refractivity contribution in [2.45, 2.75) is 26.2 Å². The van der Waals surface area contributed by atoms with E-state index in [1.54, 1.807) is 0 Å². The number of fused-ring (bicyclic) bond motifs is 1. The van der Waals surface area contributed by atoms with E-state index in [2.05, 4.69) is 36.3 Å².